The highest BCUT2D eigenvalue weighted by molar-refractivity contribution is 5.95. The first kappa shape index (κ1) is 15.2. The predicted octanol–water partition coefficient (Wildman–Crippen LogP) is 0.621. The summed E-state index contributed by atoms with van der Waals surface area (Å²) in [5.41, 5.74) is 1.22. The van der Waals surface area contributed by atoms with Gasteiger partial charge in [-0.2, -0.15) is 5.10 Å². The van der Waals surface area contributed by atoms with Gasteiger partial charge in [-0.1, -0.05) is 13.8 Å². The summed E-state index contributed by atoms with van der Waals surface area (Å²) in [7, 11) is 1.70. The molecule has 0 fully saturated rings. The van der Waals surface area contributed by atoms with E-state index in [-0.39, 0.29) is 18.4 Å². The van der Waals surface area contributed by atoms with Crippen molar-refractivity contribution >= 4 is 11.8 Å². The third-order valence-corrected chi connectivity index (χ3v) is 2.69. The maximum atomic E-state index is 11.8. The molecular formula is C13H22N4O2. The van der Waals surface area contributed by atoms with E-state index in [1.807, 2.05) is 6.92 Å². The molecule has 2 amide bonds. The van der Waals surface area contributed by atoms with Crippen molar-refractivity contribution in [2.45, 2.75) is 27.2 Å². The molecule has 0 saturated heterocycles. The molecule has 0 spiro atoms. The molecule has 106 valence electrons. The minimum absolute atomic E-state index is 0.0127. The van der Waals surface area contributed by atoms with Gasteiger partial charge in [0.2, 0.25) is 5.91 Å². The molecule has 0 aromatic carbocycles. The van der Waals surface area contributed by atoms with Crippen molar-refractivity contribution in [1.29, 1.82) is 0 Å². The fourth-order valence-corrected chi connectivity index (χ4v) is 1.64. The first-order chi connectivity index (χ1) is 8.90. The Morgan fingerprint density at radius 3 is 2.58 bits per heavy atom. The fourth-order valence-electron chi connectivity index (χ4n) is 1.64. The van der Waals surface area contributed by atoms with Crippen molar-refractivity contribution in [3.05, 3.63) is 17.5 Å². The van der Waals surface area contributed by atoms with E-state index in [1.54, 1.807) is 13.1 Å². The molecule has 1 aromatic rings. The Labute approximate surface area is 113 Å². The van der Waals surface area contributed by atoms with E-state index < -0.39 is 0 Å². The summed E-state index contributed by atoms with van der Waals surface area (Å²) >= 11 is 0. The lowest BCUT2D eigenvalue weighted by atomic mass is 10.1. The fraction of sp³-hybridized carbons (Fsp3) is 0.615. The van der Waals surface area contributed by atoms with Gasteiger partial charge in [-0.05, 0) is 25.3 Å². The molecular weight excluding hydrogens is 244 g/mol. The van der Waals surface area contributed by atoms with E-state index in [0.717, 1.165) is 12.1 Å². The van der Waals surface area contributed by atoms with Gasteiger partial charge in [-0.15, -0.1) is 0 Å². The number of aryl methyl sites for hydroxylation is 2. The summed E-state index contributed by atoms with van der Waals surface area (Å²) in [6, 6.07) is 1.69. The largest absolute Gasteiger partial charge is 0.355 e. The van der Waals surface area contributed by atoms with Crippen LogP contribution in [0.1, 0.15) is 36.5 Å². The van der Waals surface area contributed by atoms with Gasteiger partial charge < -0.3 is 10.6 Å². The van der Waals surface area contributed by atoms with Gasteiger partial charge in [0.25, 0.3) is 5.91 Å². The Balaban J connectivity index is 2.34. The van der Waals surface area contributed by atoms with Crippen LogP contribution in [0.5, 0.6) is 0 Å². The zero-order chi connectivity index (χ0) is 14.4. The number of nitrogens with zero attached hydrogens (tertiary/aromatic N) is 2. The van der Waals surface area contributed by atoms with Crippen LogP contribution in [0.3, 0.4) is 0 Å². The smallest absolute Gasteiger partial charge is 0.269 e. The third kappa shape index (κ3) is 5.11. The van der Waals surface area contributed by atoms with E-state index in [1.165, 1.54) is 4.68 Å². The average Bonchev–Trinajstić information content (AvgIpc) is 2.65. The van der Waals surface area contributed by atoms with Gasteiger partial charge in [0, 0.05) is 13.6 Å². The first-order valence-electron chi connectivity index (χ1n) is 6.45. The highest BCUT2D eigenvalue weighted by atomic mass is 16.2. The van der Waals surface area contributed by atoms with Gasteiger partial charge in [0.1, 0.15) is 5.69 Å². The van der Waals surface area contributed by atoms with Crippen LogP contribution >= 0.6 is 0 Å². The highest BCUT2D eigenvalue weighted by Crippen LogP contribution is 2.01. The van der Waals surface area contributed by atoms with E-state index >= 15 is 0 Å². The van der Waals surface area contributed by atoms with E-state index in [4.69, 9.17) is 0 Å². The molecule has 1 aromatic heterocycles. The van der Waals surface area contributed by atoms with Crippen LogP contribution in [-0.4, -0.2) is 34.7 Å². The molecule has 0 saturated carbocycles. The second-order valence-corrected chi connectivity index (χ2v) is 5.01. The number of carbonyl (C=O) groups excluding carboxylic acids is 2. The van der Waals surface area contributed by atoms with Crippen molar-refractivity contribution in [2.24, 2.45) is 13.0 Å². The molecule has 0 aliphatic heterocycles. The molecule has 6 nitrogen and oxygen atoms in total. The summed E-state index contributed by atoms with van der Waals surface area (Å²) in [5, 5.41) is 9.43. The first-order valence-corrected chi connectivity index (χ1v) is 6.45. The van der Waals surface area contributed by atoms with Gasteiger partial charge in [-0.25, -0.2) is 0 Å². The van der Waals surface area contributed by atoms with Gasteiger partial charge in [0.15, 0.2) is 0 Å². The quantitative estimate of drug-likeness (QED) is 0.792. The summed E-state index contributed by atoms with van der Waals surface area (Å²) in [4.78, 5) is 23.3. The molecule has 0 aliphatic carbocycles. The Kier molecular flexibility index (Phi) is 5.54. The topological polar surface area (TPSA) is 76.0 Å². The Morgan fingerprint density at radius 2 is 2.05 bits per heavy atom. The second kappa shape index (κ2) is 6.92. The SMILES string of the molecule is Cc1cc(C(=O)NCC(=O)NCCC(C)C)n(C)n1. The van der Waals surface area contributed by atoms with Gasteiger partial charge in [-0.3, -0.25) is 14.3 Å². The van der Waals surface area contributed by atoms with Crippen molar-refractivity contribution in [3.8, 4) is 0 Å². The Morgan fingerprint density at radius 1 is 1.37 bits per heavy atom. The van der Waals surface area contributed by atoms with Crippen LogP contribution < -0.4 is 10.6 Å². The number of amides is 2. The molecule has 6 heteroatoms. The average molecular weight is 266 g/mol. The van der Waals surface area contributed by atoms with Crippen molar-refractivity contribution in [2.75, 3.05) is 13.1 Å². The Bertz CT molecular complexity index is 451. The molecule has 2 N–H and O–H groups in total. The van der Waals surface area contributed by atoms with Crippen molar-refractivity contribution in [3.63, 3.8) is 0 Å². The molecule has 1 rings (SSSR count). The normalized spacial score (nSPS) is 10.6. The summed E-state index contributed by atoms with van der Waals surface area (Å²) in [5.74, 6) is 0.0855. The Hall–Kier alpha value is -1.85. The van der Waals surface area contributed by atoms with Crippen LogP contribution in [0.2, 0.25) is 0 Å². The number of nitrogens with one attached hydrogen (secondary N) is 2. The minimum Gasteiger partial charge on any atom is -0.355 e. The van der Waals surface area contributed by atoms with Crippen LogP contribution in [0.25, 0.3) is 0 Å². The van der Waals surface area contributed by atoms with Crippen LogP contribution in [0, 0.1) is 12.8 Å². The number of rotatable bonds is 6. The lowest BCUT2D eigenvalue weighted by Crippen LogP contribution is -2.38. The van der Waals surface area contributed by atoms with Crippen LogP contribution in [0.4, 0.5) is 0 Å². The zero-order valence-electron chi connectivity index (χ0n) is 12.0. The number of carbonyl (C=O) groups is 2. The predicted molar refractivity (Wildman–Crippen MR) is 72.7 cm³/mol. The molecule has 0 aliphatic rings. The molecule has 0 radical (unpaired) electrons. The van der Waals surface area contributed by atoms with Crippen LogP contribution in [0.15, 0.2) is 6.07 Å². The van der Waals surface area contributed by atoms with E-state index in [9.17, 15) is 9.59 Å². The number of hydrogen-bond donors (Lipinski definition) is 2. The molecule has 0 atom stereocenters. The summed E-state index contributed by atoms with van der Waals surface area (Å²) in [6.07, 6.45) is 0.931. The minimum atomic E-state index is -0.290. The molecule has 0 bridgehead atoms. The molecule has 0 unspecified atom stereocenters. The zero-order valence-corrected chi connectivity index (χ0v) is 12.0. The second-order valence-electron chi connectivity index (χ2n) is 5.01. The lowest BCUT2D eigenvalue weighted by Gasteiger charge is -2.08. The van der Waals surface area contributed by atoms with Crippen LogP contribution in [-0.2, 0) is 11.8 Å². The molecule has 19 heavy (non-hydrogen) atoms. The van der Waals surface area contributed by atoms with Crippen molar-refractivity contribution < 1.29 is 9.59 Å². The monoisotopic (exact) mass is 266 g/mol. The standard InChI is InChI=1S/C13H22N4O2/c1-9(2)5-6-14-12(18)8-15-13(19)11-7-10(3)16-17(11)4/h7,9H,5-6,8H2,1-4H3,(H,14,18)(H,15,19). The van der Waals surface area contributed by atoms with Gasteiger partial charge in [0.05, 0.1) is 12.2 Å². The third-order valence-electron chi connectivity index (χ3n) is 2.69. The maximum absolute atomic E-state index is 11.8. The van der Waals surface area contributed by atoms with E-state index in [2.05, 4.69) is 29.6 Å². The van der Waals surface area contributed by atoms with E-state index in [0.29, 0.717) is 18.2 Å². The van der Waals surface area contributed by atoms with Crippen molar-refractivity contribution in [1.82, 2.24) is 20.4 Å². The lowest BCUT2D eigenvalue weighted by molar-refractivity contribution is -0.120. The maximum Gasteiger partial charge on any atom is 0.269 e. The number of aromatic nitrogens is 2. The summed E-state index contributed by atoms with van der Waals surface area (Å²) in [6.45, 7) is 6.63. The number of hydrogen-bond acceptors (Lipinski definition) is 3. The molecule has 1 heterocycles. The van der Waals surface area contributed by atoms with Gasteiger partial charge >= 0.3 is 0 Å². The summed E-state index contributed by atoms with van der Waals surface area (Å²) < 4.78 is 1.50. The highest BCUT2D eigenvalue weighted by Gasteiger charge is 2.12.